The lowest BCUT2D eigenvalue weighted by atomic mass is 9.99. The molecule has 7 nitrogen and oxygen atoms in total. The SMILES string of the molecule is NO[C@@H]1C(O)O[C@H](CO)[C@@H](O)[C@@H]1O. The molecule has 0 aromatic rings. The first kappa shape index (κ1) is 10.8. The molecule has 1 aliphatic heterocycles. The molecule has 13 heavy (non-hydrogen) atoms. The number of nitrogens with two attached hydrogens (primary N) is 1. The van der Waals surface area contributed by atoms with E-state index in [0.717, 1.165) is 0 Å². The van der Waals surface area contributed by atoms with Crippen LogP contribution < -0.4 is 5.90 Å². The summed E-state index contributed by atoms with van der Waals surface area (Å²) in [5, 5.41) is 36.4. The van der Waals surface area contributed by atoms with Crippen LogP contribution in [0.4, 0.5) is 0 Å². The average Bonchev–Trinajstić information content (AvgIpc) is 2.12. The van der Waals surface area contributed by atoms with E-state index in [0.29, 0.717) is 0 Å². The second kappa shape index (κ2) is 4.29. The van der Waals surface area contributed by atoms with Crippen LogP contribution in [0.25, 0.3) is 0 Å². The fraction of sp³-hybridized carbons (Fsp3) is 1.00. The highest BCUT2D eigenvalue weighted by Crippen LogP contribution is 2.20. The zero-order chi connectivity index (χ0) is 10.0. The van der Waals surface area contributed by atoms with E-state index in [1.165, 1.54) is 0 Å². The van der Waals surface area contributed by atoms with Gasteiger partial charge in [0.15, 0.2) is 12.4 Å². The summed E-state index contributed by atoms with van der Waals surface area (Å²) >= 11 is 0. The van der Waals surface area contributed by atoms with Crippen molar-refractivity contribution in [2.24, 2.45) is 5.90 Å². The van der Waals surface area contributed by atoms with Gasteiger partial charge in [-0.15, -0.1) is 0 Å². The van der Waals surface area contributed by atoms with Crippen LogP contribution in [-0.4, -0.2) is 57.7 Å². The van der Waals surface area contributed by atoms with Crippen molar-refractivity contribution in [1.82, 2.24) is 0 Å². The Morgan fingerprint density at radius 3 is 2.31 bits per heavy atom. The van der Waals surface area contributed by atoms with Gasteiger partial charge in [0, 0.05) is 0 Å². The second-order valence-electron chi connectivity index (χ2n) is 2.83. The van der Waals surface area contributed by atoms with Gasteiger partial charge in [0.05, 0.1) is 6.61 Å². The minimum absolute atomic E-state index is 0.507. The van der Waals surface area contributed by atoms with Crippen LogP contribution in [0.2, 0.25) is 0 Å². The molecule has 0 amide bonds. The van der Waals surface area contributed by atoms with E-state index in [1.807, 2.05) is 0 Å². The highest BCUT2D eigenvalue weighted by molar-refractivity contribution is 4.88. The summed E-state index contributed by atoms with van der Waals surface area (Å²) in [6, 6.07) is 0. The van der Waals surface area contributed by atoms with Crippen molar-refractivity contribution in [3.05, 3.63) is 0 Å². The molecule has 1 saturated heterocycles. The quantitative estimate of drug-likeness (QED) is 0.292. The van der Waals surface area contributed by atoms with Crippen molar-refractivity contribution < 1.29 is 30.0 Å². The topological polar surface area (TPSA) is 125 Å². The zero-order valence-electron chi connectivity index (χ0n) is 6.78. The molecule has 6 N–H and O–H groups in total. The third-order valence-corrected chi connectivity index (χ3v) is 2.00. The van der Waals surface area contributed by atoms with Crippen LogP contribution in [-0.2, 0) is 9.57 Å². The van der Waals surface area contributed by atoms with Gasteiger partial charge in [0.1, 0.15) is 18.3 Å². The molecular weight excluding hydrogens is 182 g/mol. The van der Waals surface area contributed by atoms with Gasteiger partial charge in [0.2, 0.25) is 0 Å². The van der Waals surface area contributed by atoms with Crippen LogP contribution >= 0.6 is 0 Å². The molecule has 0 radical (unpaired) electrons. The summed E-state index contributed by atoms with van der Waals surface area (Å²) in [5.41, 5.74) is 0. The Hall–Kier alpha value is -0.280. The average molecular weight is 195 g/mol. The summed E-state index contributed by atoms with van der Waals surface area (Å²) in [5.74, 6) is 4.76. The normalized spacial score (nSPS) is 46.4. The molecule has 1 unspecified atom stereocenters. The Balaban J connectivity index is 2.66. The van der Waals surface area contributed by atoms with Crippen molar-refractivity contribution in [3.63, 3.8) is 0 Å². The van der Waals surface area contributed by atoms with E-state index in [1.54, 1.807) is 0 Å². The highest BCUT2D eigenvalue weighted by Gasteiger charge is 2.44. The molecule has 0 bridgehead atoms. The van der Waals surface area contributed by atoms with Crippen molar-refractivity contribution in [2.75, 3.05) is 6.61 Å². The van der Waals surface area contributed by atoms with E-state index in [9.17, 15) is 10.2 Å². The molecule has 1 heterocycles. The van der Waals surface area contributed by atoms with Crippen molar-refractivity contribution >= 4 is 0 Å². The maximum Gasteiger partial charge on any atom is 0.186 e. The summed E-state index contributed by atoms with van der Waals surface area (Å²) in [4.78, 5) is 4.21. The smallest absolute Gasteiger partial charge is 0.186 e. The molecule has 0 spiro atoms. The van der Waals surface area contributed by atoms with Gasteiger partial charge in [-0.2, -0.15) is 0 Å². The van der Waals surface area contributed by atoms with Gasteiger partial charge in [-0.05, 0) is 0 Å². The third-order valence-electron chi connectivity index (χ3n) is 2.00. The van der Waals surface area contributed by atoms with E-state index in [4.69, 9.17) is 20.8 Å². The summed E-state index contributed by atoms with van der Waals surface area (Å²) < 4.78 is 4.71. The number of aliphatic hydroxyl groups excluding tert-OH is 4. The van der Waals surface area contributed by atoms with Crippen LogP contribution in [0.1, 0.15) is 0 Å². The molecule has 7 heteroatoms. The number of hydrogen-bond acceptors (Lipinski definition) is 7. The second-order valence-corrected chi connectivity index (χ2v) is 2.83. The largest absolute Gasteiger partial charge is 0.394 e. The monoisotopic (exact) mass is 195 g/mol. The Kier molecular flexibility index (Phi) is 3.56. The Bertz CT molecular complexity index is 167. The molecule has 0 aromatic carbocycles. The lowest BCUT2D eigenvalue weighted by Crippen LogP contribution is -2.59. The minimum Gasteiger partial charge on any atom is -0.394 e. The van der Waals surface area contributed by atoms with Crippen molar-refractivity contribution in [2.45, 2.75) is 30.7 Å². The van der Waals surface area contributed by atoms with Crippen molar-refractivity contribution in [1.29, 1.82) is 0 Å². The fourth-order valence-corrected chi connectivity index (χ4v) is 1.22. The standard InChI is InChI=1S/C6H13NO6/c7-13-5-4(10)3(9)2(1-8)12-6(5)11/h2-6,8-11H,1,7H2/t2-,3-,4+,5+,6?/m1/s1. The first-order valence-corrected chi connectivity index (χ1v) is 3.78. The minimum atomic E-state index is -1.46. The number of aliphatic hydroxyl groups is 4. The summed E-state index contributed by atoms with van der Waals surface area (Å²) in [6.45, 7) is -0.507. The van der Waals surface area contributed by atoms with Crippen LogP contribution in [0.15, 0.2) is 0 Å². The fourth-order valence-electron chi connectivity index (χ4n) is 1.22. The van der Waals surface area contributed by atoms with Gasteiger partial charge < -0.3 is 25.2 Å². The number of hydrogen-bond donors (Lipinski definition) is 5. The molecule has 1 rings (SSSR count). The highest BCUT2D eigenvalue weighted by atomic mass is 16.7. The summed E-state index contributed by atoms with van der Waals surface area (Å²) in [7, 11) is 0. The van der Waals surface area contributed by atoms with E-state index < -0.39 is 37.3 Å². The Labute approximate surface area is 74.3 Å². The van der Waals surface area contributed by atoms with Gasteiger partial charge >= 0.3 is 0 Å². The molecule has 0 aromatic heterocycles. The molecule has 78 valence electrons. The van der Waals surface area contributed by atoms with Crippen LogP contribution in [0.5, 0.6) is 0 Å². The Morgan fingerprint density at radius 1 is 1.23 bits per heavy atom. The van der Waals surface area contributed by atoms with E-state index >= 15 is 0 Å². The molecule has 5 atom stereocenters. The zero-order valence-corrected chi connectivity index (χ0v) is 6.78. The van der Waals surface area contributed by atoms with Crippen molar-refractivity contribution in [3.8, 4) is 0 Å². The third kappa shape index (κ3) is 1.97. The van der Waals surface area contributed by atoms with Gasteiger partial charge in [-0.1, -0.05) is 0 Å². The molecule has 1 fully saturated rings. The van der Waals surface area contributed by atoms with Crippen LogP contribution in [0.3, 0.4) is 0 Å². The first-order chi connectivity index (χ1) is 6.11. The van der Waals surface area contributed by atoms with E-state index in [2.05, 4.69) is 4.84 Å². The number of ether oxygens (including phenoxy) is 1. The lowest BCUT2D eigenvalue weighted by molar-refractivity contribution is -0.297. The molecule has 0 saturated carbocycles. The van der Waals surface area contributed by atoms with Gasteiger partial charge in [0.25, 0.3) is 0 Å². The predicted molar refractivity (Wildman–Crippen MR) is 39.0 cm³/mol. The molecular formula is C6H13NO6. The molecule has 1 aliphatic rings. The first-order valence-electron chi connectivity index (χ1n) is 3.78. The number of rotatable bonds is 2. The van der Waals surface area contributed by atoms with Gasteiger partial charge in [-0.25, -0.2) is 5.90 Å². The van der Waals surface area contributed by atoms with Crippen LogP contribution in [0, 0.1) is 0 Å². The lowest BCUT2D eigenvalue weighted by Gasteiger charge is -2.38. The van der Waals surface area contributed by atoms with E-state index in [-0.39, 0.29) is 0 Å². The molecule has 0 aliphatic carbocycles. The maximum atomic E-state index is 9.30. The van der Waals surface area contributed by atoms with Gasteiger partial charge in [-0.3, -0.25) is 4.84 Å². The summed E-state index contributed by atoms with van der Waals surface area (Å²) in [6.07, 6.45) is -6.41. The Morgan fingerprint density at radius 2 is 1.85 bits per heavy atom. The predicted octanol–water partition coefficient (Wildman–Crippen LogP) is -3.32. The maximum absolute atomic E-state index is 9.30.